The van der Waals surface area contributed by atoms with E-state index < -0.39 is 0 Å². The third-order valence-electron chi connectivity index (χ3n) is 3.80. The Hall–Kier alpha value is -2.83. The Morgan fingerprint density at radius 3 is 2.52 bits per heavy atom. The number of aryl methyl sites for hydroxylation is 3. The number of hydrogen-bond donors (Lipinski definition) is 1. The van der Waals surface area contributed by atoms with E-state index in [1.165, 1.54) is 0 Å². The molecule has 1 aromatic heterocycles. The number of nitrogens with one attached hydrogen (secondary N) is 1. The lowest BCUT2D eigenvalue weighted by molar-refractivity contribution is -0.121. The maximum absolute atomic E-state index is 12.0. The summed E-state index contributed by atoms with van der Waals surface area (Å²) in [7, 11) is 3.16. The van der Waals surface area contributed by atoms with Crippen LogP contribution in [0.25, 0.3) is 0 Å². The van der Waals surface area contributed by atoms with Crippen molar-refractivity contribution in [3.05, 3.63) is 41.2 Å². The lowest BCUT2D eigenvalue weighted by Crippen LogP contribution is -2.21. The van der Waals surface area contributed by atoms with E-state index in [1.807, 2.05) is 43.7 Å². The predicted octanol–water partition coefficient (Wildman–Crippen LogP) is 2.45. The number of aromatic nitrogens is 2. The molecule has 1 heterocycles. The van der Waals surface area contributed by atoms with Gasteiger partial charge in [-0.2, -0.15) is 10.2 Å². The van der Waals surface area contributed by atoms with E-state index >= 15 is 0 Å². The van der Waals surface area contributed by atoms with Gasteiger partial charge in [-0.15, -0.1) is 0 Å². The first-order chi connectivity index (χ1) is 11.9. The van der Waals surface area contributed by atoms with Crippen molar-refractivity contribution >= 4 is 11.6 Å². The molecule has 0 fully saturated rings. The highest BCUT2D eigenvalue weighted by molar-refractivity contribution is 5.99. The molecule has 0 radical (unpaired) electrons. The molecule has 0 unspecified atom stereocenters. The molecule has 134 valence electrons. The summed E-state index contributed by atoms with van der Waals surface area (Å²) < 4.78 is 12.3. The van der Waals surface area contributed by atoms with Gasteiger partial charge in [-0.3, -0.25) is 9.48 Å². The first-order valence-electron chi connectivity index (χ1n) is 8.01. The number of amides is 1. The first kappa shape index (κ1) is 18.5. The second kappa shape index (κ2) is 8.32. The Bertz CT molecular complexity index is 781. The monoisotopic (exact) mass is 344 g/mol. The largest absolute Gasteiger partial charge is 0.493 e. The number of carbonyl (C=O) groups excluding carboxylic acids is 1. The summed E-state index contributed by atoms with van der Waals surface area (Å²) in [5.41, 5.74) is 6.09. The van der Waals surface area contributed by atoms with Gasteiger partial charge >= 0.3 is 0 Å². The minimum absolute atomic E-state index is 0.160. The minimum atomic E-state index is -0.160. The van der Waals surface area contributed by atoms with Gasteiger partial charge < -0.3 is 9.47 Å². The molecule has 25 heavy (non-hydrogen) atoms. The van der Waals surface area contributed by atoms with Crippen LogP contribution in [0.1, 0.15) is 30.3 Å². The van der Waals surface area contributed by atoms with Crippen LogP contribution in [0.3, 0.4) is 0 Å². The summed E-state index contributed by atoms with van der Waals surface area (Å²) in [5, 5.41) is 8.49. The van der Waals surface area contributed by atoms with E-state index in [9.17, 15) is 4.79 Å². The molecule has 0 atom stereocenters. The van der Waals surface area contributed by atoms with E-state index in [-0.39, 0.29) is 5.91 Å². The molecule has 7 nitrogen and oxygen atoms in total. The summed E-state index contributed by atoms with van der Waals surface area (Å²) in [6.07, 6.45) is 0.310. The number of methoxy groups -OCH3 is 2. The fourth-order valence-electron chi connectivity index (χ4n) is 2.44. The first-order valence-corrected chi connectivity index (χ1v) is 8.01. The van der Waals surface area contributed by atoms with Crippen molar-refractivity contribution in [3.8, 4) is 11.5 Å². The molecule has 0 spiro atoms. The average molecular weight is 344 g/mol. The van der Waals surface area contributed by atoms with E-state index in [0.29, 0.717) is 30.2 Å². The van der Waals surface area contributed by atoms with Crippen LogP contribution >= 0.6 is 0 Å². The molecule has 1 amide bonds. The normalized spacial score (nSPS) is 11.3. The molecule has 0 saturated heterocycles. The number of benzene rings is 1. The summed E-state index contributed by atoms with van der Waals surface area (Å²) in [4.78, 5) is 12.0. The zero-order valence-corrected chi connectivity index (χ0v) is 15.3. The lowest BCUT2D eigenvalue weighted by Gasteiger charge is -2.09. The maximum atomic E-state index is 12.0. The van der Waals surface area contributed by atoms with Crippen LogP contribution in [0.15, 0.2) is 29.4 Å². The van der Waals surface area contributed by atoms with Gasteiger partial charge in [0.1, 0.15) is 0 Å². The lowest BCUT2D eigenvalue weighted by atomic mass is 10.1. The van der Waals surface area contributed by atoms with Crippen LogP contribution in [0.2, 0.25) is 0 Å². The molecule has 0 bridgehead atoms. The number of hydrogen-bond acceptors (Lipinski definition) is 5. The van der Waals surface area contributed by atoms with Crippen LogP contribution in [0, 0.1) is 13.8 Å². The molecule has 1 N–H and O–H groups in total. The summed E-state index contributed by atoms with van der Waals surface area (Å²) in [6.45, 7) is 6.25. The van der Waals surface area contributed by atoms with Crippen LogP contribution in [-0.2, 0) is 11.3 Å². The van der Waals surface area contributed by atoms with Crippen molar-refractivity contribution in [2.75, 3.05) is 14.2 Å². The van der Waals surface area contributed by atoms with Gasteiger partial charge in [-0.25, -0.2) is 5.43 Å². The quantitative estimate of drug-likeness (QED) is 0.618. The van der Waals surface area contributed by atoms with E-state index in [4.69, 9.17) is 9.47 Å². The Balaban J connectivity index is 1.96. The number of nitrogens with zero attached hydrogens (tertiary/aromatic N) is 3. The molecule has 2 aromatic rings. The molecule has 0 aliphatic rings. The van der Waals surface area contributed by atoms with E-state index in [1.54, 1.807) is 20.3 Å². The SMILES string of the molecule is COc1ccc(/C(C)=N\NC(=O)CCn2nc(C)cc2C)cc1OC. The van der Waals surface area contributed by atoms with Gasteiger partial charge in [0, 0.05) is 17.7 Å². The third-order valence-corrected chi connectivity index (χ3v) is 3.80. The van der Waals surface area contributed by atoms with Gasteiger partial charge in [0.25, 0.3) is 0 Å². The summed E-state index contributed by atoms with van der Waals surface area (Å²) in [5.74, 6) is 1.10. The highest BCUT2D eigenvalue weighted by atomic mass is 16.5. The molecule has 2 rings (SSSR count). The molecule has 0 saturated carbocycles. The smallest absolute Gasteiger partial charge is 0.241 e. The van der Waals surface area contributed by atoms with Crippen LogP contribution in [0.5, 0.6) is 11.5 Å². The number of ether oxygens (including phenoxy) is 2. The molecule has 7 heteroatoms. The fourth-order valence-corrected chi connectivity index (χ4v) is 2.44. The van der Waals surface area contributed by atoms with Crippen molar-refractivity contribution in [1.29, 1.82) is 0 Å². The minimum Gasteiger partial charge on any atom is -0.493 e. The zero-order valence-electron chi connectivity index (χ0n) is 15.3. The van der Waals surface area contributed by atoms with Gasteiger partial charge in [0.05, 0.1) is 32.2 Å². The van der Waals surface area contributed by atoms with Gasteiger partial charge in [-0.1, -0.05) is 0 Å². The third kappa shape index (κ3) is 4.82. The van der Waals surface area contributed by atoms with Gasteiger partial charge in [-0.05, 0) is 45.0 Å². The Labute approximate surface area is 147 Å². The van der Waals surface area contributed by atoms with Crippen molar-refractivity contribution in [2.45, 2.75) is 33.7 Å². The predicted molar refractivity (Wildman–Crippen MR) is 96.2 cm³/mol. The van der Waals surface area contributed by atoms with Crippen molar-refractivity contribution in [1.82, 2.24) is 15.2 Å². The molecular formula is C18H24N4O3. The second-order valence-corrected chi connectivity index (χ2v) is 5.70. The number of carbonyl (C=O) groups is 1. The van der Waals surface area contributed by atoms with Gasteiger partial charge in [0.15, 0.2) is 11.5 Å². The van der Waals surface area contributed by atoms with Crippen LogP contribution < -0.4 is 14.9 Å². The highest BCUT2D eigenvalue weighted by Gasteiger charge is 2.08. The summed E-state index contributed by atoms with van der Waals surface area (Å²) >= 11 is 0. The van der Waals surface area contributed by atoms with Crippen molar-refractivity contribution in [3.63, 3.8) is 0 Å². The number of hydrazone groups is 1. The molecular weight excluding hydrogens is 320 g/mol. The molecule has 0 aliphatic carbocycles. The Morgan fingerprint density at radius 2 is 1.92 bits per heavy atom. The Morgan fingerprint density at radius 1 is 1.20 bits per heavy atom. The molecule has 1 aromatic carbocycles. The van der Waals surface area contributed by atoms with Crippen LogP contribution in [-0.4, -0.2) is 35.6 Å². The standard InChI is InChI=1S/C18H24N4O3/c1-12-10-13(2)22(21-12)9-8-18(23)20-19-14(3)15-6-7-16(24-4)17(11-15)25-5/h6-7,10-11H,8-9H2,1-5H3,(H,20,23)/b19-14-. The van der Waals surface area contributed by atoms with Gasteiger partial charge in [0.2, 0.25) is 5.91 Å². The fraction of sp³-hybridized carbons (Fsp3) is 0.389. The topological polar surface area (TPSA) is 77.7 Å². The zero-order chi connectivity index (χ0) is 18.4. The number of rotatable bonds is 7. The highest BCUT2D eigenvalue weighted by Crippen LogP contribution is 2.27. The van der Waals surface area contributed by atoms with Crippen LogP contribution in [0.4, 0.5) is 0 Å². The second-order valence-electron chi connectivity index (χ2n) is 5.70. The average Bonchev–Trinajstić information content (AvgIpc) is 2.94. The van der Waals surface area contributed by atoms with Crippen molar-refractivity contribution in [2.24, 2.45) is 5.10 Å². The maximum Gasteiger partial charge on any atom is 0.241 e. The van der Waals surface area contributed by atoms with Crippen molar-refractivity contribution < 1.29 is 14.3 Å². The Kier molecular flexibility index (Phi) is 6.16. The van der Waals surface area contributed by atoms with E-state index in [2.05, 4.69) is 15.6 Å². The summed E-state index contributed by atoms with van der Waals surface area (Å²) in [6, 6.07) is 7.47. The van der Waals surface area contributed by atoms with E-state index in [0.717, 1.165) is 17.0 Å². The molecule has 0 aliphatic heterocycles.